The van der Waals surface area contributed by atoms with Gasteiger partial charge in [0.05, 0.1) is 14.6 Å². The smallest absolute Gasteiger partial charge is 0.108 e. The van der Waals surface area contributed by atoms with Crippen molar-refractivity contribution in [2.24, 2.45) is 0 Å². The Hall–Kier alpha value is -0.170. The summed E-state index contributed by atoms with van der Waals surface area (Å²) < 4.78 is 1.83. The van der Waals surface area contributed by atoms with E-state index in [-0.39, 0.29) is 4.75 Å². The van der Waals surface area contributed by atoms with Crippen LogP contribution in [0, 0.1) is 11.3 Å². The lowest BCUT2D eigenvalue weighted by Crippen LogP contribution is -1.94. The summed E-state index contributed by atoms with van der Waals surface area (Å²) in [5.74, 6) is 0. The molecule has 0 spiro atoms. The molecule has 0 unspecified atom stereocenters. The molecule has 1 saturated carbocycles. The number of nitrogens with zero attached hydrogens (tertiary/aromatic N) is 1. The van der Waals surface area contributed by atoms with E-state index < -0.39 is 0 Å². The van der Waals surface area contributed by atoms with Gasteiger partial charge in [-0.15, -0.1) is 11.3 Å². The molecule has 1 aromatic rings. The van der Waals surface area contributed by atoms with E-state index in [2.05, 4.69) is 6.07 Å². The lowest BCUT2D eigenvalue weighted by atomic mass is 10.5. The van der Waals surface area contributed by atoms with E-state index in [1.165, 1.54) is 0 Å². The minimum Gasteiger partial charge on any atom is -0.197 e. The summed E-state index contributed by atoms with van der Waals surface area (Å²) in [5.41, 5.74) is 0. The van der Waals surface area contributed by atoms with Crippen LogP contribution in [0.4, 0.5) is 0 Å². The summed E-state index contributed by atoms with van der Waals surface area (Å²) >= 11 is 8.97. The molecule has 0 amide bonds. The van der Waals surface area contributed by atoms with Crippen molar-refractivity contribution in [3.05, 3.63) is 16.5 Å². The molecule has 0 aliphatic heterocycles. The highest BCUT2D eigenvalue weighted by Crippen LogP contribution is 2.52. The third-order valence-corrected chi connectivity index (χ3v) is 4.51. The van der Waals surface area contributed by atoms with Crippen LogP contribution >= 0.6 is 34.7 Å². The van der Waals surface area contributed by atoms with E-state index in [1.54, 1.807) is 23.1 Å². The molecule has 12 heavy (non-hydrogen) atoms. The second kappa shape index (κ2) is 2.95. The highest BCUT2D eigenvalue weighted by molar-refractivity contribution is 8.03. The SMILES string of the molecule is N#CC1(Sc2ccc(Cl)s2)CC1. The molecule has 0 atom stereocenters. The van der Waals surface area contributed by atoms with Gasteiger partial charge in [0.1, 0.15) is 4.75 Å². The normalized spacial score (nSPS) is 18.7. The van der Waals surface area contributed by atoms with Crippen molar-refractivity contribution in [1.82, 2.24) is 0 Å². The molecule has 1 fully saturated rings. The molecule has 1 aliphatic rings. The first-order chi connectivity index (χ1) is 5.74. The molecule has 0 bridgehead atoms. The minimum absolute atomic E-state index is 0.117. The van der Waals surface area contributed by atoms with Crippen LogP contribution in [0.25, 0.3) is 0 Å². The number of halogens is 1. The second-order valence-corrected chi connectivity index (χ2v) is 6.17. The van der Waals surface area contributed by atoms with Gasteiger partial charge in [-0.05, 0) is 25.0 Å². The van der Waals surface area contributed by atoms with Crippen molar-refractivity contribution in [3.63, 3.8) is 0 Å². The van der Waals surface area contributed by atoms with Crippen molar-refractivity contribution in [1.29, 1.82) is 5.26 Å². The Bertz CT molecular complexity index is 335. The molecule has 1 heterocycles. The van der Waals surface area contributed by atoms with E-state index in [4.69, 9.17) is 16.9 Å². The van der Waals surface area contributed by atoms with Crippen LogP contribution in [0.1, 0.15) is 12.8 Å². The number of hydrogen-bond acceptors (Lipinski definition) is 3. The van der Waals surface area contributed by atoms with Gasteiger partial charge in [-0.2, -0.15) is 5.26 Å². The van der Waals surface area contributed by atoms with Gasteiger partial charge in [0.25, 0.3) is 0 Å². The van der Waals surface area contributed by atoms with Crippen LogP contribution in [0.15, 0.2) is 16.3 Å². The molecule has 0 aromatic carbocycles. The number of rotatable bonds is 2. The fraction of sp³-hybridized carbons (Fsp3) is 0.375. The van der Waals surface area contributed by atoms with E-state index in [1.807, 2.05) is 12.1 Å². The predicted octanol–water partition coefficient (Wildman–Crippen LogP) is 3.55. The average molecular weight is 216 g/mol. The number of thioether (sulfide) groups is 1. The van der Waals surface area contributed by atoms with Crippen LogP contribution in [0.2, 0.25) is 4.34 Å². The van der Waals surface area contributed by atoms with Gasteiger partial charge < -0.3 is 0 Å². The van der Waals surface area contributed by atoms with E-state index >= 15 is 0 Å². The fourth-order valence-electron chi connectivity index (χ4n) is 0.895. The van der Waals surface area contributed by atoms with Crippen molar-refractivity contribution in [2.45, 2.75) is 21.8 Å². The third kappa shape index (κ3) is 1.61. The summed E-state index contributed by atoms with van der Waals surface area (Å²) in [4.78, 5) is 0. The van der Waals surface area contributed by atoms with Gasteiger partial charge in [0.15, 0.2) is 0 Å². The molecule has 0 N–H and O–H groups in total. The zero-order valence-electron chi connectivity index (χ0n) is 6.21. The quantitative estimate of drug-likeness (QED) is 0.754. The predicted molar refractivity (Wildman–Crippen MR) is 52.8 cm³/mol. The second-order valence-electron chi connectivity index (χ2n) is 2.77. The van der Waals surface area contributed by atoms with Crippen LogP contribution in [0.5, 0.6) is 0 Å². The molecule has 2 rings (SSSR count). The molecule has 4 heteroatoms. The summed E-state index contributed by atoms with van der Waals surface area (Å²) in [5, 5.41) is 8.83. The molecular formula is C8H6ClNS2. The topological polar surface area (TPSA) is 23.8 Å². The van der Waals surface area contributed by atoms with Crippen molar-refractivity contribution in [3.8, 4) is 6.07 Å². The van der Waals surface area contributed by atoms with E-state index in [9.17, 15) is 0 Å². The molecule has 0 saturated heterocycles. The average Bonchev–Trinajstić information content (AvgIpc) is 2.71. The Labute approximate surface area is 84.3 Å². The summed E-state index contributed by atoms with van der Waals surface area (Å²) in [6.07, 6.45) is 2.04. The minimum atomic E-state index is -0.117. The van der Waals surface area contributed by atoms with E-state index in [0.29, 0.717) is 0 Å². The third-order valence-electron chi connectivity index (χ3n) is 1.75. The van der Waals surface area contributed by atoms with Crippen LogP contribution in [0.3, 0.4) is 0 Å². The monoisotopic (exact) mass is 215 g/mol. The summed E-state index contributed by atoms with van der Waals surface area (Å²) in [6.45, 7) is 0. The first-order valence-corrected chi connectivity index (χ1v) is 5.61. The van der Waals surface area contributed by atoms with Crippen LogP contribution in [-0.4, -0.2) is 4.75 Å². The lowest BCUT2D eigenvalue weighted by Gasteiger charge is -2.00. The Morgan fingerprint density at radius 2 is 2.33 bits per heavy atom. The highest BCUT2D eigenvalue weighted by atomic mass is 35.5. The first kappa shape index (κ1) is 8.43. The standard InChI is InChI=1S/C8H6ClNS2/c9-6-1-2-7(11-6)12-8(5-10)3-4-8/h1-2H,3-4H2. The molecule has 1 aromatic heterocycles. The number of hydrogen-bond donors (Lipinski definition) is 0. The molecule has 0 radical (unpaired) electrons. The van der Waals surface area contributed by atoms with Crippen LogP contribution < -0.4 is 0 Å². The number of thiophene rings is 1. The number of nitriles is 1. The van der Waals surface area contributed by atoms with Gasteiger partial charge in [0.2, 0.25) is 0 Å². The maximum atomic E-state index is 8.83. The zero-order chi connectivity index (χ0) is 8.60. The maximum Gasteiger partial charge on any atom is 0.108 e. The largest absolute Gasteiger partial charge is 0.197 e. The summed E-state index contributed by atoms with van der Waals surface area (Å²) in [7, 11) is 0. The first-order valence-electron chi connectivity index (χ1n) is 3.60. The Morgan fingerprint density at radius 3 is 2.75 bits per heavy atom. The van der Waals surface area contributed by atoms with Gasteiger partial charge in [-0.25, -0.2) is 0 Å². The van der Waals surface area contributed by atoms with Gasteiger partial charge in [-0.1, -0.05) is 23.4 Å². The van der Waals surface area contributed by atoms with Crippen molar-refractivity contribution >= 4 is 34.7 Å². The lowest BCUT2D eigenvalue weighted by molar-refractivity contribution is 1.20. The van der Waals surface area contributed by atoms with Crippen LogP contribution in [-0.2, 0) is 0 Å². The molecular weight excluding hydrogens is 210 g/mol. The van der Waals surface area contributed by atoms with Gasteiger partial charge in [0, 0.05) is 0 Å². The maximum absolute atomic E-state index is 8.83. The fourth-order valence-corrected chi connectivity index (χ4v) is 3.60. The molecule has 1 nitrogen and oxygen atoms in total. The summed E-state index contributed by atoms with van der Waals surface area (Å²) in [6, 6.07) is 6.19. The molecule has 1 aliphatic carbocycles. The van der Waals surface area contributed by atoms with Gasteiger partial charge >= 0.3 is 0 Å². The zero-order valence-corrected chi connectivity index (χ0v) is 8.60. The Morgan fingerprint density at radius 1 is 1.58 bits per heavy atom. The van der Waals surface area contributed by atoms with E-state index in [0.717, 1.165) is 21.4 Å². The Balaban J connectivity index is 2.10. The van der Waals surface area contributed by atoms with Crippen molar-refractivity contribution in [2.75, 3.05) is 0 Å². The molecule has 62 valence electrons. The van der Waals surface area contributed by atoms with Gasteiger partial charge in [-0.3, -0.25) is 0 Å². The Kier molecular flexibility index (Phi) is 2.07. The highest BCUT2D eigenvalue weighted by Gasteiger charge is 2.44. The van der Waals surface area contributed by atoms with Crippen molar-refractivity contribution < 1.29 is 0 Å².